The summed E-state index contributed by atoms with van der Waals surface area (Å²) in [6, 6.07) is 30.3. The van der Waals surface area contributed by atoms with Crippen LogP contribution in [-0.4, -0.2) is 31.9 Å². The Morgan fingerprint density at radius 1 is 0.649 bits per heavy atom. The summed E-state index contributed by atoms with van der Waals surface area (Å²) in [7, 11) is 1.42. The van der Waals surface area contributed by atoms with Crippen LogP contribution >= 0.6 is 0 Å². The molecule has 37 heavy (non-hydrogen) atoms. The third-order valence-electron chi connectivity index (χ3n) is 6.73. The lowest BCUT2D eigenvalue weighted by Gasteiger charge is -2.36. The van der Waals surface area contributed by atoms with Crippen molar-refractivity contribution in [1.82, 2.24) is 0 Å². The fraction of sp³-hybridized carbons (Fsp3) is 0.406. The number of benzene rings is 3. The summed E-state index contributed by atoms with van der Waals surface area (Å²) in [5.41, 5.74) is 3.28. The van der Waals surface area contributed by atoms with Crippen molar-refractivity contribution in [3.05, 3.63) is 108 Å². The first-order valence-electron chi connectivity index (χ1n) is 13.0. The lowest BCUT2D eigenvalue weighted by Crippen LogP contribution is -2.44. The van der Waals surface area contributed by atoms with E-state index in [9.17, 15) is 4.79 Å². The highest BCUT2D eigenvalue weighted by Gasteiger charge is 2.37. The predicted octanol–water partition coefficient (Wildman–Crippen LogP) is 6.46. The fourth-order valence-electron chi connectivity index (χ4n) is 4.66. The van der Waals surface area contributed by atoms with Crippen LogP contribution in [0.25, 0.3) is 0 Å². The van der Waals surface area contributed by atoms with Gasteiger partial charge in [0, 0.05) is 11.8 Å². The second-order valence-corrected chi connectivity index (χ2v) is 9.67. The van der Waals surface area contributed by atoms with Gasteiger partial charge in [0.25, 0.3) is 0 Å². The van der Waals surface area contributed by atoms with Crippen LogP contribution in [0, 0.1) is 17.8 Å². The van der Waals surface area contributed by atoms with Crippen LogP contribution in [-0.2, 0) is 43.6 Å². The van der Waals surface area contributed by atoms with Crippen LogP contribution in [0.1, 0.15) is 37.5 Å². The average molecular weight is 505 g/mol. The maximum atomic E-state index is 12.6. The number of hydrogen-bond acceptors (Lipinski definition) is 5. The third kappa shape index (κ3) is 9.12. The van der Waals surface area contributed by atoms with Gasteiger partial charge in [0.2, 0.25) is 0 Å². The number of rotatable bonds is 15. The molecule has 0 aliphatic rings. The summed E-state index contributed by atoms with van der Waals surface area (Å²) >= 11 is 0. The van der Waals surface area contributed by atoms with Crippen LogP contribution < -0.4 is 0 Å². The number of hydrogen-bond donors (Lipinski definition) is 0. The van der Waals surface area contributed by atoms with Gasteiger partial charge in [-0.3, -0.25) is 4.79 Å². The molecule has 5 atom stereocenters. The highest BCUT2D eigenvalue weighted by atomic mass is 16.5. The molecule has 198 valence electrons. The standard InChI is InChI=1S/C32H40O5/c1-24(20-35-21-27-14-8-5-9-15-27)30(36-22-28-16-10-6-11-17-28)25(2)31(26(3)32(33)34-4)37-23-29-18-12-7-13-19-29/h5-19,24-26,30-31H,20-23H2,1-4H3/t24-,25-,26-,30-,31-/m0/s1. The molecule has 3 aromatic carbocycles. The average Bonchev–Trinajstić information content (AvgIpc) is 2.94. The molecule has 0 bridgehead atoms. The van der Waals surface area contributed by atoms with Crippen molar-refractivity contribution >= 4 is 5.97 Å². The van der Waals surface area contributed by atoms with E-state index in [4.69, 9.17) is 18.9 Å². The minimum Gasteiger partial charge on any atom is -0.469 e. The zero-order valence-corrected chi connectivity index (χ0v) is 22.4. The van der Waals surface area contributed by atoms with Gasteiger partial charge in [-0.25, -0.2) is 0 Å². The molecule has 0 radical (unpaired) electrons. The molecule has 5 heteroatoms. The first-order valence-corrected chi connectivity index (χ1v) is 13.0. The molecule has 0 aliphatic carbocycles. The van der Waals surface area contributed by atoms with Crippen LogP contribution in [0.4, 0.5) is 0 Å². The number of esters is 1. The maximum Gasteiger partial charge on any atom is 0.311 e. The first kappa shape index (κ1) is 28.6. The Kier molecular flexibility index (Phi) is 11.8. The molecule has 0 aliphatic heterocycles. The highest BCUT2D eigenvalue weighted by molar-refractivity contribution is 5.72. The summed E-state index contributed by atoms with van der Waals surface area (Å²) in [6.45, 7) is 8.03. The summed E-state index contributed by atoms with van der Waals surface area (Å²) < 4.78 is 24.1. The monoisotopic (exact) mass is 504 g/mol. The molecule has 0 amide bonds. The fourth-order valence-corrected chi connectivity index (χ4v) is 4.66. The highest BCUT2D eigenvalue weighted by Crippen LogP contribution is 2.29. The van der Waals surface area contributed by atoms with E-state index in [2.05, 4.69) is 38.1 Å². The zero-order valence-electron chi connectivity index (χ0n) is 22.4. The second kappa shape index (κ2) is 15.3. The van der Waals surface area contributed by atoms with Crippen molar-refractivity contribution in [3.8, 4) is 0 Å². The quantitative estimate of drug-likeness (QED) is 0.223. The Hall–Kier alpha value is -2.99. The van der Waals surface area contributed by atoms with Crippen molar-refractivity contribution in [2.24, 2.45) is 17.8 Å². The van der Waals surface area contributed by atoms with E-state index in [-0.39, 0.29) is 23.9 Å². The Labute approximate surface area is 221 Å². The Morgan fingerprint density at radius 3 is 1.54 bits per heavy atom. The molecule has 5 nitrogen and oxygen atoms in total. The normalized spacial score (nSPS) is 15.4. The van der Waals surface area contributed by atoms with Gasteiger partial charge >= 0.3 is 5.97 Å². The van der Waals surface area contributed by atoms with Crippen molar-refractivity contribution in [1.29, 1.82) is 0 Å². The van der Waals surface area contributed by atoms with E-state index in [0.29, 0.717) is 26.4 Å². The third-order valence-corrected chi connectivity index (χ3v) is 6.73. The summed E-state index contributed by atoms with van der Waals surface area (Å²) in [5, 5.41) is 0. The molecule has 0 aromatic heterocycles. The van der Waals surface area contributed by atoms with Gasteiger partial charge in [-0.2, -0.15) is 0 Å². The molecule has 0 N–H and O–H groups in total. The number of carbonyl (C=O) groups excluding carboxylic acids is 1. The van der Waals surface area contributed by atoms with E-state index in [1.807, 2.05) is 73.7 Å². The van der Waals surface area contributed by atoms with Gasteiger partial charge in [-0.15, -0.1) is 0 Å². The van der Waals surface area contributed by atoms with Gasteiger partial charge in [0.05, 0.1) is 51.7 Å². The summed E-state index contributed by atoms with van der Waals surface area (Å²) in [6.07, 6.45) is -0.603. The molecule has 3 aromatic rings. The minimum absolute atomic E-state index is 0.0649. The van der Waals surface area contributed by atoms with E-state index < -0.39 is 12.0 Å². The smallest absolute Gasteiger partial charge is 0.311 e. The van der Waals surface area contributed by atoms with Crippen LogP contribution in [0.2, 0.25) is 0 Å². The predicted molar refractivity (Wildman–Crippen MR) is 146 cm³/mol. The molecule has 3 rings (SSSR count). The van der Waals surface area contributed by atoms with Gasteiger partial charge in [0.15, 0.2) is 0 Å². The lowest BCUT2D eigenvalue weighted by molar-refractivity contribution is -0.159. The first-order chi connectivity index (χ1) is 18.0. The maximum absolute atomic E-state index is 12.6. The van der Waals surface area contributed by atoms with Crippen molar-refractivity contribution in [3.63, 3.8) is 0 Å². The Morgan fingerprint density at radius 2 is 1.08 bits per heavy atom. The topological polar surface area (TPSA) is 54.0 Å². The second-order valence-electron chi connectivity index (χ2n) is 9.67. The van der Waals surface area contributed by atoms with Crippen LogP contribution in [0.15, 0.2) is 91.0 Å². The van der Waals surface area contributed by atoms with E-state index in [1.165, 1.54) is 7.11 Å². The summed E-state index contributed by atoms with van der Waals surface area (Å²) in [4.78, 5) is 12.6. The van der Waals surface area contributed by atoms with Crippen molar-refractivity contribution < 1.29 is 23.7 Å². The molecule has 0 heterocycles. The number of carbonyl (C=O) groups is 1. The van der Waals surface area contributed by atoms with E-state index in [1.54, 1.807) is 0 Å². The van der Waals surface area contributed by atoms with Crippen molar-refractivity contribution in [2.45, 2.75) is 52.8 Å². The molecule has 0 spiro atoms. The summed E-state index contributed by atoms with van der Waals surface area (Å²) in [5.74, 6) is -0.782. The zero-order chi connectivity index (χ0) is 26.5. The SMILES string of the molecule is COC(=O)[C@@H](C)[C@@H](OCc1ccccc1)[C@@H](C)[C@@H](OCc1ccccc1)[C@@H](C)COCc1ccccc1. The largest absolute Gasteiger partial charge is 0.469 e. The van der Waals surface area contributed by atoms with Gasteiger partial charge in [-0.05, 0) is 23.6 Å². The molecule has 0 fully saturated rings. The minimum atomic E-state index is -0.455. The van der Waals surface area contributed by atoms with Gasteiger partial charge in [-0.1, -0.05) is 105 Å². The molecule has 0 unspecified atom stereocenters. The molecular formula is C32H40O5. The Bertz CT molecular complexity index is 1020. The number of ether oxygens (including phenoxy) is 4. The lowest BCUT2D eigenvalue weighted by atomic mass is 9.84. The van der Waals surface area contributed by atoms with E-state index >= 15 is 0 Å². The Balaban J connectivity index is 1.76. The molecule has 0 saturated heterocycles. The van der Waals surface area contributed by atoms with Gasteiger partial charge in [0.1, 0.15) is 0 Å². The van der Waals surface area contributed by atoms with Gasteiger partial charge < -0.3 is 18.9 Å². The van der Waals surface area contributed by atoms with E-state index in [0.717, 1.165) is 16.7 Å². The molecule has 0 saturated carbocycles. The molecular weight excluding hydrogens is 464 g/mol. The van der Waals surface area contributed by atoms with Crippen molar-refractivity contribution in [2.75, 3.05) is 13.7 Å². The van der Waals surface area contributed by atoms with Crippen LogP contribution in [0.5, 0.6) is 0 Å². The van der Waals surface area contributed by atoms with Crippen LogP contribution in [0.3, 0.4) is 0 Å². The number of methoxy groups -OCH3 is 1.